The number of aliphatic hydroxyl groups excluding tert-OH is 1. The van der Waals surface area contributed by atoms with Crippen LogP contribution >= 0.6 is 43.5 Å². The summed E-state index contributed by atoms with van der Waals surface area (Å²) in [5.74, 6) is -2.63. The number of nitrogens with zero attached hydrogens (tertiary/aromatic N) is 1. The molecule has 0 unspecified atom stereocenters. The van der Waals surface area contributed by atoms with Crippen LogP contribution in [0.15, 0.2) is 26.3 Å². The summed E-state index contributed by atoms with van der Waals surface area (Å²) in [7, 11) is 1.17. The number of carbonyl (C=O) groups excluding carboxylic acids is 2. The molecule has 0 saturated heterocycles. The Balaban J connectivity index is 2.57. The van der Waals surface area contributed by atoms with Crippen molar-refractivity contribution in [3.63, 3.8) is 0 Å². The van der Waals surface area contributed by atoms with E-state index in [0.717, 1.165) is 0 Å². The quantitative estimate of drug-likeness (QED) is 0.396. The number of aromatic carboxylic acids is 1. The zero-order valence-electron chi connectivity index (χ0n) is 13.3. The molecule has 0 radical (unpaired) electrons. The molecule has 0 bridgehead atoms. The number of ether oxygens (including phenoxy) is 1. The first-order valence-corrected chi connectivity index (χ1v) is 9.08. The van der Waals surface area contributed by atoms with Crippen molar-refractivity contribution in [1.82, 2.24) is 4.90 Å². The number of halogens is 3. The lowest BCUT2D eigenvalue weighted by Crippen LogP contribution is -2.31. The number of anilines is 1. The number of methoxy groups -OCH3 is 1. The molecule has 0 aliphatic carbocycles. The van der Waals surface area contributed by atoms with Crippen molar-refractivity contribution in [2.24, 2.45) is 0 Å². The van der Waals surface area contributed by atoms with Gasteiger partial charge in [-0.1, -0.05) is 11.6 Å². The van der Waals surface area contributed by atoms with Gasteiger partial charge in [-0.2, -0.15) is 0 Å². The second-order valence-corrected chi connectivity index (χ2v) is 7.22. The fourth-order valence-electron chi connectivity index (χ4n) is 2.39. The minimum Gasteiger partial charge on any atom is -0.478 e. The lowest BCUT2D eigenvalue weighted by molar-refractivity contribution is -0.136. The average molecular weight is 513 g/mol. The van der Waals surface area contributed by atoms with Gasteiger partial charge in [-0.15, -0.1) is 0 Å². The number of carboxylic acids is 1. The van der Waals surface area contributed by atoms with E-state index in [9.17, 15) is 19.5 Å². The predicted molar refractivity (Wildman–Crippen MR) is 100 cm³/mol. The van der Waals surface area contributed by atoms with Crippen LogP contribution in [0.25, 0.3) is 0 Å². The Kier molecular flexibility index (Phi) is 6.67. The summed E-state index contributed by atoms with van der Waals surface area (Å²) in [6.45, 7) is -0.348. The van der Waals surface area contributed by atoms with Crippen LogP contribution in [-0.4, -0.2) is 59.8 Å². The van der Waals surface area contributed by atoms with E-state index in [-0.39, 0.29) is 47.2 Å². The average Bonchev–Trinajstić information content (AvgIpc) is 2.88. The first-order valence-electron chi connectivity index (χ1n) is 7.12. The minimum atomic E-state index is -1.32. The van der Waals surface area contributed by atoms with Crippen molar-refractivity contribution in [2.75, 3.05) is 32.1 Å². The van der Waals surface area contributed by atoms with Crippen LogP contribution < -0.4 is 5.32 Å². The number of hydrogen-bond donors (Lipinski definition) is 3. The molecule has 0 saturated carbocycles. The zero-order valence-corrected chi connectivity index (χ0v) is 17.2. The van der Waals surface area contributed by atoms with Crippen molar-refractivity contribution in [3.05, 3.63) is 36.9 Å². The third kappa shape index (κ3) is 3.88. The van der Waals surface area contributed by atoms with Gasteiger partial charge >= 0.3 is 11.9 Å². The number of esters is 1. The van der Waals surface area contributed by atoms with E-state index in [2.05, 4.69) is 41.9 Å². The zero-order chi connectivity index (χ0) is 19.6. The van der Waals surface area contributed by atoms with Crippen LogP contribution in [0.3, 0.4) is 0 Å². The van der Waals surface area contributed by atoms with Crippen LogP contribution in [0.4, 0.5) is 5.69 Å². The topological polar surface area (TPSA) is 116 Å². The van der Waals surface area contributed by atoms with E-state index in [0.29, 0.717) is 8.95 Å². The van der Waals surface area contributed by atoms with Crippen LogP contribution in [0, 0.1) is 0 Å². The van der Waals surface area contributed by atoms with Gasteiger partial charge in [0.05, 0.1) is 36.5 Å². The highest BCUT2D eigenvalue weighted by molar-refractivity contribution is 9.11. The Hall–Kier alpha value is -1.62. The van der Waals surface area contributed by atoms with Gasteiger partial charge in [-0.25, -0.2) is 9.59 Å². The molecule has 2 rings (SSSR count). The Morgan fingerprint density at radius 1 is 1.38 bits per heavy atom. The molecule has 1 aromatic carbocycles. The fourth-order valence-corrected chi connectivity index (χ4v) is 3.88. The SMILES string of the molecule is COC(=O)C1=C(Nc2c(Br)cc(Br)c(Cl)c2C(=O)O)C(=O)N(CCO)C1. The summed E-state index contributed by atoms with van der Waals surface area (Å²) in [6, 6.07) is 1.51. The number of carboxylic acid groups (broad SMARTS) is 1. The van der Waals surface area contributed by atoms with Gasteiger partial charge in [0.1, 0.15) is 11.3 Å². The molecule has 11 heteroatoms. The normalized spacial score (nSPS) is 14.0. The van der Waals surface area contributed by atoms with Crippen molar-refractivity contribution >= 4 is 67.0 Å². The van der Waals surface area contributed by atoms with Crippen LogP contribution in [0.1, 0.15) is 10.4 Å². The van der Waals surface area contributed by atoms with Crippen LogP contribution in [0.2, 0.25) is 5.02 Å². The Morgan fingerprint density at radius 2 is 2.04 bits per heavy atom. The largest absolute Gasteiger partial charge is 0.478 e. The maximum Gasteiger partial charge on any atom is 0.339 e. The van der Waals surface area contributed by atoms with E-state index in [1.165, 1.54) is 18.1 Å². The molecule has 0 atom stereocenters. The van der Waals surface area contributed by atoms with Crippen LogP contribution in [-0.2, 0) is 14.3 Å². The van der Waals surface area contributed by atoms with Gasteiger partial charge in [-0.05, 0) is 37.9 Å². The first-order chi connectivity index (χ1) is 12.2. The Morgan fingerprint density at radius 3 is 2.58 bits per heavy atom. The smallest absolute Gasteiger partial charge is 0.339 e. The maximum absolute atomic E-state index is 12.6. The summed E-state index contributed by atoms with van der Waals surface area (Å²) < 4.78 is 5.35. The van der Waals surface area contributed by atoms with Crippen molar-refractivity contribution in [1.29, 1.82) is 0 Å². The number of benzene rings is 1. The maximum atomic E-state index is 12.6. The van der Waals surface area contributed by atoms with Gasteiger partial charge in [0, 0.05) is 15.5 Å². The van der Waals surface area contributed by atoms with Gasteiger partial charge in [0.25, 0.3) is 5.91 Å². The van der Waals surface area contributed by atoms with E-state index in [1.54, 1.807) is 0 Å². The molecular weight excluding hydrogens is 499 g/mol. The lowest BCUT2D eigenvalue weighted by Gasteiger charge is -2.17. The van der Waals surface area contributed by atoms with E-state index in [1.807, 2.05) is 0 Å². The summed E-state index contributed by atoms with van der Waals surface area (Å²) in [5.41, 5.74) is -0.375. The number of hydrogen-bond acceptors (Lipinski definition) is 6. The first kappa shape index (κ1) is 20.7. The summed E-state index contributed by atoms with van der Waals surface area (Å²) in [6.07, 6.45) is 0. The molecule has 0 aromatic heterocycles. The second-order valence-electron chi connectivity index (χ2n) is 5.13. The highest BCUT2D eigenvalue weighted by Crippen LogP contribution is 2.39. The minimum absolute atomic E-state index is 0.0125. The number of rotatable bonds is 6. The van der Waals surface area contributed by atoms with Gasteiger partial charge in [0.2, 0.25) is 0 Å². The highest BCUT2D eigenvalue weighted by atomic mass is 79.9. The van der Waals surface area contributed by atoms with Gasteiger partial charge in [0.15, 0.2) is 0 Å². The molecule has 1 amide bonds. The molecule has 0 spiro atoms. The number of nitrogens with one attached hydrogen (secondary N) is 1. The third-order valence-corrected chi connectivity index (χ3v) is 5.46. The number of amides is 1. The number of carbonyl (C=O) groups is 3. The molecular formula is C15H13Br2ClN2O6. The summed E-state index contributed by atoms with van der Waals surface area (Å²) in [5, 5.41) is 21.2. The summed E-state index contributed by atoms with van der Waals surface area (Å²) >= 11 is 12.5. The molecule has 140 valence electrons. The van der Waals surface area contributed by atoms with Crippen LogP contribution in [0.5, 0.6) is 0 Å². The van der Waals surface area contributed by atoms with Gasteiger partial charge < -0.3 is 25.2 Å². The molecule has 1 aliphatic heterocycles. The van der Waals surface area contributed by atoms with Crippen molar-refractivity contribution < 1.29 is 29.3 Å². The Bertz CT molecular complexity index is 827. The van der Waals surface area contributed by atoms with E-state index >= 15 is 0 Å². The standard InChI is InChI=1S/C15H13Br2ClN2O6/c1-26-15(25)6-5-20(2-3-21)13(22)11(6)19-12-8(17)4-7(16)10(18)9(12)14(23)24/h4,19,21H,2-3,5H2,1H3,(H,23,24). The molecule has 1 aromatic rings. The second kappa shape index (κ2) is 8.38. The monoisotopic (exact) mass is 510 g/mol. The number of aliphatic hydroxyl groups is 1. The lowest BCUT2D eigenvalue weighted by atomic mass is 10.1. The van der Waals surface area contributed by atoms with Crippen molar-refractivity contribution in [3.8, 4) is 0 Å². The summed E-state index contributed by atoms with van der Waals surface area (Å²) in [4.78, 5) is 37.4. The molecule has 8 nitrogen and oxygen atoms in total. The molecule has 1 aliphatic rings. The number of β-amino-alcohol motifs (C(OH)–C–C–N with tert-alkyl or cyclic N) is 1. The third-order valence-electron chi connectivity index (χ3n) is 3.59. The van der Waals surface area contributed by atoms with Gasteiger partial charge in [-0.3, -0.25) is 4.79 Å². The molecule has 3 N–H and O–H groups in total. The highest BCUT2D eigenvalue weighted by Gasteiger charge is 2.35. The van der Waals surface area contributed by atoms with Crippen molar-refractivity contribution in [2.45, 2.75) is 0 Å². The predicted octanol–water partition coefficient (Wildman–Crippen LogP) is 2.24. The molecule has 0 fully saturated rings. The molecule has 1 heterocycles. The Labute approximate surface area is 170 Å². The fraction of sp³-hybridized carbons (Fsp3) is 0.267. The van der Waals surface area contributed by atoms with E-state index < -0.39 is 17.8 Å². The van der Waals surface area contributed by atoms with E-state index in [4.69, 9.17) is 16.7 Å². The molecule has 26 heavy (non-hydrogen) atoms.